The Morgan fingerprint density at radius 1 is 1.37 bits per heavy atom. The van der Waals surface area contributed by atoms with Crippen LogP contribution in [0, 0.1) is 12.7 Å². The molecule has 0 fully saturated rings. The molecule has 1 heterocycles. The molecule has 0 saturated carbocycles. The van der Waals surface area contributed by atoms with E-state index in [1.807, 2.05) is 12.1 Å². The van der Waals surface area contributed by atoms with E-state index in [0.29, 0.717) is 18.7 Å². The first-order chi connectivity index (χ1) is 9.16. The van der Waals surface area contributed by atoms with Gasteiger partial charge in [-0.3, -0.25) is 4.98 Å². The molecule has 2 N–H and O–H groups in total. The molecule has 0 radical (unpaired) electrons. The van der Waals surface area contributed by atoms with E-state index in [-0.39, 0.29) is 5.82 Å². The van der Waals surface area contributed by atoms with Crippen LogP contribution in [0.2, 0.25) is 0 Å². The normalized spacial score (nSPS) is 12.4. The minimum atomic E-state index is -0.643. The van der Waals surface area contributed by atoms with Gasteiger partial charge < -0.3 is 10.4 Å². The lowest BCUT2D eigenvalue weighted by molar-refractivity contribution is 0.174. The van der Waals surface area contributed by atoms with E-state index in [1.165, 1.54) is 6.07 Å². The highest BCUT2D eigenvalue weighted by molar-refractivity contribution is 5.25. The summed E-state index contributed by atoms with van der Waals surface area (Å²) in [6, 6.07) is 8.50. The number of pyridine rings is 1. The molecule has 3 nitrogen and oxygen atoms in total. The molecule has 0 spiro atoms. The number of halogens is 1. The largest absolute Gasteiger partial charge is 0.387 e. The summed E-state index contributed by atoms with van der Waals surface area (Å²) in [6.07, 6.45) is 2.86. The second-order valence-corrected chi connectivity index (χ2v) is 4.52. The van der Waals surface area contributed by atoms with Crippen LogP contribution in [-0.2, 0) is 6.54 Å². The molecule has 0 amide bonds. The maximum absolute atomic E-state index is 13.1. The molecule has 1 unspecified atom stereocenters. The lowest BCUT2D eigenvalue weighted by atomic mass is 10.1. The van der Waals surface area contributed by atoms with E-state index in [1.54, 1.807) is 31.5 Å². The van der Waals surface area contributed by atoms with Crippen LogP contribution >= 0.6 is 0 Å². The summed E-state index contributed by atoms with van der Waals surface area (Å²) in [6.45, 7) is 2.75. The van der Waals surface area contributed by atoms with Crippen molar-refractivity contribution in [2.24, 2.45) is 0 Å². The zero-order valence-electron chi connectivity index (χ0n) is 10.8. The Bertz CT molecular complexity index is 531. The standard InChI is InChI=1S/C15H17FN2O/c1-11-7-13(4-5-14(11)16)15(19)10-18-9-12-3-2-6-17-8-12/h2-8,15,18-19H,9-10H2,1H3. The molecular formula is C15H17FN2O. The van der Waals surface area contributed by atoms with E-state index in [9.17, 15) is 9.50 Å². The van der Waals surface area contributed by atoms with E-state index >= 15 is 0 Å². The van der Waals surface area contributed by atoms with Crippen LogP contribution < -0.4 is 5.32 Å². The maximum atomic E-state index is 13.1. The summed E-state index contributed by atoms with van der Waals surface area (Å²) >= 11 is 0. The second kappa shape index (κ2) is 6.41. The third kappa shape index (κ3) is 3.84. The zero-order valence-corrected chi connectivity index (χ0v) is 10.8. The number of aliphatic hydroxyl groups is 1. The van der Waals surface area contributed by atoms with Crippen LogP contribution in [0.4, 0.5) is 4.39 Å². The van der Waals surface area contributed by atoms with Crippen LogP contribution in [0.5, 0.6) is 0 Å². The molecule has 0 bridgehead atoms. The molecule has 100 valence electrons. The number of rotatable bonds is 5. The molecule has 0 aliphatic rings. The van der Waals surface area contributed by atoms with Gasteiger partial charge in [0.2, 0.25) is 0 Å². The van der Waals surface area contributed by atoms with Crippen molar-refractivity contribution in [2.45, 2.75) is 19.6 Å². The van der Waals surface area contributed by atoms with Gasteiger partial charge in [-0.25, -0.2) is 4.39 Å². The van der Waals surface area contributed by atoms with E-state index in [0.717, 1.165) is 11.1 Å². The Kier molecular flexibility index (Phi) is 4.60. The summed E-state index contributed by atoms with van der Waals surface area (Å²) in [5, 5.41) is 13.2. The Hall–Kier alpha value is -1.78. The predicted molar refractivity (Wildman–Crippen MR) is 72.0 cm³/mol. The Balaban J connectivity index is 1.87. The van der Waals surface area contributed by atoms with Gasteiger partial charge in [0.15, 0.2) is 0 Å². The number of hydrogen-bond acceptors (Lipinski definition) is 3. The van der Waals surface area contributed by atoms with Gasteiger partial charge in [0.1, 0.15) is 5.82 Å². The molecule has 4 heteroatoms. The van der Waals surface area contributed by atoms with Crippen LogP contribution in [0.1, 0.15) is 22.8 Å². The van der Waals surface area contributed by atoms with Crippen molar-refractivity contribution in [1.82, 2.24) is 10.3 Å². The van der Waals surface area contributed by atoms with Gasteiger partial charge in [-0.05, 0) is 35.7 Å². The number of hydrogen-bond donors (Lipinski definition) is 2. The maximum Gasteiger partial charge on any atom is 0.126 e. The predicted octanol–water partition coefficient (Wildman–Crippen LogP) is 2.35. The topological polar surface area (TPSA) is 45.1 Å². The number of aryl methyl sites for hydroxylation is 1. The highest BCUT2D eigenvalue weighted by Gasteiger charge is 2.08. The number of aromatic nitrogens is 1. The first-order valence-corrected chi connectivity index (χ1v) is 6.20. The lowest BCUT2D eigenvalue weighted by Crippen LogP contribution is -2.21. The lowest BCUT2D eigenvalue weighted by Gasteiger charge is -2.13. The third-order valence-corrected chi connectivity index (χ3v) is 2.96. The van der Waals surface area contributed by atoms with E-state index in [2.05, 4.69) is 10.3 Å². The fraction of sp³-hybridized carbons (Fsp3) is 0.267. The summed E-state index contributed by atoms with van der Waals surface area (Å²) in [4.78, 5) is 4.02. The van der Waals surface area contributed by atoms with E-state index in [4.69, 9.17) is 0 Å². The molecule has 0 saturated heterocycles. The van der Waals surface area contributed by atoms with Gasteiger partial charge in [0.25, 0.3) is 0 Å². The van der Waals surface area contributed by atoms with Gasteiger partial charge in [-0.1, -0.05) is 18.2 Å². The number of benzene rings is 1. The second-order valence-electron chi connectivity index (χ2n) is 4.52. The van der Waals surface area contributed by atoms with Crippen molar-refractivity contribution in [3.8, 4) is 0 Å². The molecule has 1 aromatic heterocycles. The van der Waals surface area contributed by atoms with Crippen molar-refractivity contribution in [1.29, 1.82) is 0 Å². The smallest absolute Gasteiger partial charge is 0.126 e. The monoisotopic (exact) mass is 260 g/mol. The number of nitrogens with one attached hydrogen (secondary N) is 1. The van der Waals surface area contributed by atoms with Gasteiger partial charge in [0.05, 0.1) is 6.10 Å². The molecule has 0 aliphatic carbocycles. The van der Waals surface area contributed by atoms with Crippen molar-refractivity contribution in [3.05, 3.63) is 65.2 Å². The van der Waals surface area contributed by atoms with Gasteiger partial charge in [0, 0.05) is 25.5 Å². The molecular weight excluding hydrogens is 243 g/mol. The first-order valence-electron chi connectivity index (χ1n) is 6.20. The minimum absolute atomic E-state index is 0.251. The molecule has 0 aliphatic heterocycles. The van der Waals surface area contributed by atoms with Gasteiger partial charge in [-0.2, -0.15) is 0 Å². The fourth-order valence-electron chi connectivity index (χ4n) is 1.85. The third-order valence-electron chi connectivity index (χ3n) is 2.96. The average Bonchev–Trinajstić information content (AvgIpc) is 2.43. The molecule has 19 heavy (non-hydrogen) atoms. The van der Waals surface area contributed by atoms with Crippen molar-refractivity contribution in [2.75, 3.05) is 6.54 Å². The molecule has 2 aromatic rings. The van der Waals surface area contributed by atoms with E-state index < -0.39 is 6.10 Å². The first kappa shape index (κ1) is 13.6. The summed E-state index contributed by atoms with van der Waals surface area (Å²) in [5.41, 5.74) is 2.33. The molecule has 1 aromatic carbocycles. The average molecular weight is 260 g/mol. The quantitative estimate of drug-likeness (QED) is 0.867. The highest BCUT2D eigenvalue weighted by Crippen LogP contribution is 2.16. The zero-order chi connectivity index (χ0) is 13.7. The summed E-state index contributed by atoms with van der Waals surface area (Å²) in [5.74, 6) is -0.251. The molecule has 1 atom stereocenters. The summed E-state index contributed by atoms with van der Waals surface area (Å²) < 4.78 is 13.1. The van der Waals surface area contributed by atoms with Crippen LogP contribution in [0.15, 0.2) is 42.7 Å². The Labute approximate surface area is 112 Å². The van der Waals surface area contributed by atoms with Crippen LogP contribution in [0.25, 0.3) is 0 Å². The van der Waals surface area contributed by atoms with Crippen molar-refractivity contribution < 1.29 is 9.50 Å². The Morgan fingerprint density at radius 3 is 2.89 bits per heavy atom. The fourth-order valence-corrected chi connectivity index (χ4v) is 1.85. The van der Waals surface area contributed by atoms with Gasteiger partial charge in [-0.15, -0.1) is 0 Å². The summed E-state index contributed by atoms with van der Waals surface area (Å²) in [7, 11) is 0. The van der Waals surface area contributed by atoms with Crippen molar-refractivity contribution in [3.63, 3.8) is 0 Å². The number of aliphatic hydroxyl groups excluding tert-OH is 1. The van der Waals surface area contributed by atoms with Crippen LogP contribution in [0.3, 0.4) is 0 Å². The highest BCUT2D eigenvalue weighted by atomic mass is 19.1. The SMILES string of the molecule is Cc1cc(C(O)CNCc2cccnc2)ccc1F. The van der Waals surface area contributed by atoms with Gasteiger partial charge >= 0.3 is 0 Å². The van der Waals surface area contributed by atoms with Crippen molar-refractivity contribution >= 4 is 0 Å². The Morgan fingerprint density at radius 2 is 2.21 bits per heavy atom. The van der Waals surface area contributed by atoms with Crippen LogP contribution in [-0.4, -0.2) is 16.6 Å². The minimum Gasteiger partial charge on any atom is -0.387 e. The molecule has 2 rings (SSSR count). The number of nitrogens with zero attached hydrogens (tertiary/aromatic N) is 1.